The fourth-order valence-corrected chi connectivity index (χ4v) is 4.83. The highest BCUT2D eigenvalue weighted by molar-refractivity contribution is 5.70. The number of carboxylic acid groups (broad SMARTS) is 1. The summed E-state index contributed by atoms with van der Waals surface area (Å²) in [5.74, 6) is -1.15. The average Bonchev–Trinajstić information content (AvgIpc) is 2.83. The molecule has 2 aromatic carbocycles. The Hall–Kier alpha value is -2.61. The number of hydrogen-bond acceptors (Lipinski definition) is 6. The number of aliphatic hydroxyl groups is 1. The molecule has 1 atom stereocenters. The van der Waals surface area contributed by atoms with Gasteiger partial charge in [0.1, 0.15) is 11.5 Å². The lowest BCUT2D eigenvalue weighted by atomic mass is 9.77. The summed E-state index contributed by atoms with van der Waals surface area (Å²) in [6.45, 7) is 19.9. The van der Waals surface area contributed by atoms with E-state index < -0.39 is 11.9 Å². The molecular weight excluding hydrogens is 520 g/mol. The number of carbonyl (C=O) groups is 1. The van der Waals surface area contributed by atoms with Gasteiger partial charge in [-0.05, 0) is 62.5 Å². The highest BCUT2D eigenvalue weighted by atomic mass is 16.5. The van der Waals surface area contributed by atoms with Crippen LogP contribution in [-0.4, -0.2) is 59.4 Å². The minimum atomic E-state index is -0.901. The Morgan fingerprint density at radius 2 is 1.24 bits per heavy atom. The molecule has 4 N–H and O–H groups in total. The van der Waals surface area contributed by atoms with Crippen molar-refractivity contribution in [3.8, 4) is 11.5 Å². The number of phenolic OH excluding ortho intramolecular Hbond substituents is 2. The van der Waals surface area contributed by atoms with Gasteiger partial charge in [0, 0.05) is 13.0 Å². The third kappa shape index (κ3) is 10.0. The van der Waals surface area contributed by atoms with Crippen molar-refractivity contribution < 1.29 is 34.7 Å². The Labute approximate surface area is 246 Å². The van der Waals surface area contributed by atoms with Crippen molar-refractivity contribution in [1.82, 2.24) is 0 Å². The first-order valence-corrected chi connectivity index (χ1v) is 14.6. The van der Waals surface area contributed by atoms with E-state index in [0.717, 1.165) is 27.8 Å². The fourth-order valence-electron chi connectivity index (χ4n) is 4.83. The van der Waals surface area contributed by atoms with Gasteiger partial charge in [0.15, 0.2) is 0 Å². The smallest absolute Gasteiger partial charge is 0.306 e. The van der Waals surface area contributed by atoms with Gasteiger partial charge in [-0.2, -0.15) is 0 Å². The van der Waals surface area contributed by atoms with Crippen molar-refractivity contribution in [2.24, 2.45) is 5.92 Å². The number of rotatable bonds is 13. The molecule has 2 rings (SSSR count). The Morgan fingerprint density at radius 3 is 1.73 bits per heavy atom. The zero-order valence-corrected chi connectivity index (χ0v) is 26.6. The summed E-state index contributed by atoms with van der Waals surface area (Å²) in [5.41, 5.74) is 4.15. The molecule has 0 bridgehead atoms. The lowest BCUT2D eigenvalue weighted by Crippen LogP contribution is -2.20. The molecule has 1 unspecified atom stereocenters. The summed E-state index contributed by atoms with van der Waals surface area (Å²) < 4.78 is 10.7. The van der Waals surface area contributed by atoms with Gasteiger partial charge >= 0.3 is 5.97 Å². The number of hydrogen-bond donors (Lipinski definition) is 4. The molecule has 230 valence electrons. The van der Waals surface area contributed by atoms with E-state index in [2.05, 4.69) is 47.6 Å². The second-order valence-corrected chi connectivity index (χ2v) is 14.1. The molecule has 0 heterocycles. The minimum absolute atomic E-state index is 0.0499. The van der Waals surface area contributed by atoms with Crippen LogP contribution < -0.4 is 0 Å². The van der Waals surface area contributed by atoms with E-state index in [1.807, 2.05) is 39.0 Å². The maximum Gasteiger partial charge on any atom is 0.306 e. The van der Waals surface area contributed by atoms with Crippen LogP contribution in [0.25, 0.3) is 0 Å². The number of phenols is 2. The molecule has 0 amide bonds. The second-order valence-electron chi connectivity index (χ2n) is 14.1. The summed E-state index contributed by atoms with van der Waals surface area (Å²) in [6.07, 6.45) is 0.938. The first-order chi connectivity index (χ1) is 18.9. The SMILES string of the molecule is CC(C)(C)c1cc(Cc2cc(CC(CCOCCOCCO)C(=O)O)cc(C(C)(C)C)c2O)c(O)c(C(C)(C)C)c1. The van der Waals surface area contributed by atoms with Crippen LogP contribution in [0.3, 0.4) is 0 Å². The normalized spacial score (nSPS) is 13.4. The van der Waals surface area contributed by atoms with E-state index in [0.29, 0.717) is 31.6 Å². The Balaban J connectivity index is 2.46. The van der Waals surface area contributed by atoms with Crippen LogP contribution in [0.5, 0.6) is 11.5 Å². The zero-order chi connectivity index (χ0) is 31.2. The van der Waals surface area contributed by atoms with Crippen molar-refractivity contribution in [1.29, 1.82) is 0 Å². The quantitative estimate of drug-likeness (QED) is 0.210. The predicted octanol–water partition coefficient (Wildman–Crippen LogP) is 6.24. The second kappa shape index (κ2) is 14.0. The zero-order valence-electron chi connectivity index (χ0n) is 26.6. The monoisotopic (exact) mass is 572 g/mol. The van der Waals surface area contributed by atoms with E-state index in [9.17, 15) is 20.1 Å². The molecule has 0 aromatic heterocycles. The van der Waals surface area contributed by atoms with Gasteiger partial charge in [-0.1, -0.05) is 86.6 Å². The van der Waals surface area contributed by atoms with E-state index in [1.54, 1.807) is 0 Å². The van der Waals surface area contributed by atoms with Gasteiger partial charge in [-0.15, -0.1) is 0 Å². The highest BCUT2D eigenvalue weighted by Crippen LogP contribution is 2.41. The lowest BCUT2D eigenvalue weighted by molar-refractivity contribution is -0.142. The van der Waals surface area contributed by atoms with Gasteiger partial charge in [0.25, 0.3) is 0 Å². The predicted molar refractivity (Wildman–Crippen MR) is 163 cm³/mol. The number of aliphatic hydroxyl groups excluding tert-OH is 1. The number of aliphatic carboxylic acids is 1. The van der Waals surface area contributed by atoms with Crippen molar-refractivity contribution >= 4 is 5.97 Å². The topological polar surface area (TPSA) is 116 Å². The number of aromatic hydroxyl groups is 2. The van der Waals surface area contributed by atoms with E-state index >= 15 is 0 Å². The molecule has 0 aliphatic rings. The first-order valence-electron chi connectivity index (χ1n) is 14.6. The number of carboxylic acids is 1. The summed E-state index contributed by atoms with van der Waals surface area (Å²) in [6, 6.07) is 7.89. The highest BCUT2D eigenvalue weighted by Gasteiger charge is 2.28. The van der Waals surface area contributed by atoms with Crippen molar-refractivity contribution in [2.75, 3.05) is 33.0 Å². The standard InChI is InChI=1S/C34H52O7/c1-32(2,3)26-20-25(30(37)28(21-26)34(7,8)9)19-24-17-22(18-27(29(24)36)33(4,5)6)16-23(31(38)39)10-12-40-14-15-41-13-11-35/h17-18,20-21,23,35-37H,10-16,19H2,1-9H3,(H,38,39). The molecule has 7 heteroatoms. The van der Waals surface area contributed by atoms with Crippen LogP contribution >= 0.6 is 0 Å². The van der Waals surface area contributed by atoms with Crippen LogP contribution in [0.1, 0.15) is 102 Å². The summed E-state index contributed by atoms with van der Waals surface area (Å²) in [5, 5.41) is 41.5. The first kappa shape index (κ1) is 34.6. The molecule has 0 spiro atoms. The number of benzene rings is 2. The van der Waals surface area contributed by atoms with E-state index in [-0.39, 0.29) is 54.0 Å². The molecule has 41 heavy (non-hydrogen) atoms. The lowest BCUT2D eigenvalue weighted by Gasteiger charge is -2.28. The maximum atomic E-state index is 12.2. The third-order valence-electron chi connectivity index (χ3n) is 7.35. The van der Waals surface area contributed by atoms with Gasteiger partial charge in [0.05, 0.1) is 32.3 Å². The molecule has 2 aromatic rings. The van der Waals surface area contributed by atoms with Crippen LogP contribution in [0.4, 0.5) is 0 Å². The van der Waals surface area contributed by atoms with E-state index in [1.165, 1.54) is 0 Å². The molecule has 0 saturated heterocycles. The van der Waals surface area contributed by atoms with Crippen LogP contribution in [0, 0.1) is 5.92 Å². The largest absolute Gasteiger partial charge is 0.507 e. The minimum Gasteiger partial charge on any atom is -0.507 e. The Kier molecular flexibility index (Phi) is 11.8. The van der Waals surface area contributed by atoms with Crippen molar-refractivity contribution in [3.63, 3.8) is 0 Å². The van der Waals surface area contributed by atoms with Crippen molar-refractivity contribution in [2.45, 2.75) is 97.8 Å². The van der Waals surface area contributed by atoms with Gasteiger partial charge < -0.3 is 29.9 Å². The molecule has 0 radical (unpaired) electrons. The summed E-state index contributed by atoms with van der Waals surface area (Å²) in [7, 11) is 0. The molecule has 0 aliphatic carbocycles. The summed E-state index contributed by atoms with van der Waals surface area (Å²) >= 11 is 0. The molecule has 0 aliphatic heterocycles. The van der Waals surface area contributed by atoms with Crippen LogP contribution in [0.2, 0.25) is 0 Å². The van der Waals surface area contributed by atoms with Gasteiger partial charge in [0.2, 0.25) is 0 Å². The Bertz CT molecular complexity index is 1160. The van der Waals surface area contributed by atoms with Crippen molar-refractivity contribution in [3.05, 3.63) is 57.6 Å². The molecule has 0 fully saturated rings. The summed E-state index contributed by atoms with van der Waals surface area (Å²) in [4.78, 5) is 12.2. The van der Waals surface area contributed by atoms with Crippen LogP contribution in [0.15, 0.2) is 24.3 Å². The van der Waals surface area contributed by atoms with Gasteiger partial charge in [-0.3, -0.25) is 4.79 Å². The average molecular weight is 573 g/mol. The molecule has 0 saturated carbocycles. The number of ether oxygens (including phenoxy) is 2. The Morgan fingerprint density at radius 1 is 0.732 bits per heavy atom. The molecular formula is C34H52O7. The van der Waals surface area contributed by atoms with Crippen LogP contribution in [-0.2, 0) is 43.4 Å². The van der Waals surface area contributed by atoms with Gasteiger partial charge in [-0.25, -0.2) is 0 Å². The maximum absolute atomic E-state index is 12.2. The molecule has 7 nitrogen and oxygen atoms in total. The third-order valence-corrected chi connectivity index (χ3v) is 7.35. The van der Waals surface area contributed by atoms with E-state index in [4.69, 9.17) is 14.6 Å². The fraction of sp³-hybridized carbons (Fsp3) is 0.618.